The predicted octanol–water partition coefficient (Wildman–Crippen LogP) is 3.45. The Kier molecular flexibility index (Phi) is 5.20. The van der Waals surface area contributed by atoms with Crippen molar-refractivity contribution in [3.63, 3.8) is 0 Å². The zero-order valence-electron chi connectivity index (χ0n) is 11.4. The number of aliphatic hydroxyl groups is 1. The molecule has 0 bridgehead atoms. The van der Waals surface area contributed by atoms with Crippen molar-refractivity contribution in [2.24, 2.45) is 5.41 Å². The van der Waals surface area contributed by atoms with E-state index in [1.165, 1.54) is 0 Å². The maximum Gasteiger partial charge on any atom is 0.404 e. The molecule has 3 N–H and O–H groups in total. The third-order valence-electron chi connectivity index (χ3n) is 3.06. The van der Waals surface area contributed by atoms with Crippen LogP contribution in [0.2, 0.25) is 5.02 Å². The lowest BCUT2D eigenvalue weighted by atomic mass is 9.82. The van der Waals surface area contributed by atoms with Crippen LogP contribution in [0.4, 0.5) is 4.79 Å². The Morgan fingerprint density at radius 2 is 1.84 bits per heavy atom. The molecule has 106 valence electrons. The highest BCUT2D eigenvalue weighted by molar-refractivity contribution is 6.30. The SMILES string of the molecule is CC(C)(C)C(CC(O)c1ccc(Cl)cc1)NC(=O)O. The van der Waals surface area contributed by atoms with Gasteiger partial charge in [0.25, 0.3) is 0 Å². The number of benzene rings is 1. The first-order valence-corrected chi connectivity index (χ1v) is 6.51. The third kappa shape index (κ3) is 5.09. The van der Waals surface area contributed by atoms with Gasteiger partial charge in [-0.3, -0.25) is 0 Å². The van der Waals surface area contributed by atoms with Crippen LogP contribution in [0.3, 0.4) is 0 Å². The molecule has 2 unspecified atom stereocenters. The molecule has 0 fully saturated rings. The lowest BCUT2D eigenvalue weighted by Gasteiger charge is -2.32. The fourth-order valence-electron chi connectivity index (χ4n) is 1.82. The number of carboxylic acid groups (broad SMARTS) is 1. The summed E-state index contributed by atoms with van der Waals surface area (Å²) >= 11 is 5.79. The number of hydrogen-bond acceptors (Lipinski definition) is 2. The number of hydrogen-bond donors (Lipinski definition) is 3. The topological polar surface area (TPSA) is 69.6 Å². The first-order valence-electron chi connectivity index (χ1n) is 6.13. The van der Waals surface area contributed by atoms with E-state index in [0.717, 1.165) is 5.56 Å². The Bertz CT molecular complexity index is 425. The lowest BCUT2D eigenvalue weighted by molar-refractivity contribution is 0.114. The van der Waals surface area contributed by atoms with Crippen molar-refractivity contribution in [3.8, 4) is 0 Å². The Hall–Kier alpha value is -1.26. The second-order valence-electron chi connectivity index (χ2n) is 5.67. The molecule has 19 heavy (non-hydrogen) atoms. The lowest BCUT2D eigenvalue weighted by Crippen LogP contribution is -2.44. The normalized spacial score (nSPS) is 14.8. The van der Waals surface area contributed by atoms with Gasteiger partial charge in [-0.15, -0.1) is 0 Å². The van der Waals surface area contributed by atoms with Gasteiger partial charge in [0.2, 0.25) is 0 Å². The van der Waals surface area contributed by atoms with E-state index in [1.54, 1.807) is 24.3 Å². The van der Waals surface area contributed by atoms with E-state index >= 15 is 0 Å². The van der Waals surface area contributed by atoms with Crippen molar-refractivity contribution in [1.29, 1.82) is 0 Å². The van der Waals surface area contributed by atoms with Gasteiger partial charge >= 0.3 is 6.09 Å². The fraction of sp³-hybridized carbons (Fsp3) is 0.500. The van der Waals surface area contributed by atoms with Crippen LogP contribution in [-0.4, -0.2) is 22.3 Å². The molecule has 4 nitrogen and oxygen atoms in total. The maximum atomic E-state index is 10.8. The maximum absolute atomic E-state index is 10.8. The van der Waals surface area contributed by atoms with Gasteiger partial charge in [0.05, 0.1) is 6.10 Å². The third-order valence-corrected chi connectivity index (χ3v) is 3.31. The van der Waals surface area contributed by atoms with Gasteiger partial charge in [-0.25, -0.2) is 4.79 Å². The number of rotatable bonds is 4. The first-order chi connectivity index (χ1) is 8.70. The highest BCUT2D eigenvalue weighted by Crippen LogP contribution is 2.28. The summed E-state index contributed by atoms with van der Waals surface area (Å²) in [6, 6.07) is 6.56. The van der Waals surface area contributed by atoms with E-state index in [9.17, 15) is 9.90 Å². The smallest absolute Gasteiger partial charge is 0.404 e. The van der Waals surface area contributed by atoms with Gasteiger partial charge in [-0.1, -0.05) is 44.5 Å². The molecule has 1 aromatic rings. The van der Waals surface area contributed by atoms with Crippen LogP contribution in [0.1, 0.15) is 38.9 Å². The molecule has 0 aliphatic heterocycles. The summed E-state index contributed by atoms with van der Waals surface area (Å²) in [6.45, 7) is 5.80. The van der Waals surface area contributed by atoms with Gasteiger partial charge in [0.1, 0.15) is 0 Å². The van der Waals surface area contributed by atoms with E-state index in [1.807, 2.05) is 20.8 Å². The highest BCUT2D eigenvalue weighted by atomic mass is 35.5. The first kappa shape index (κ1) is 15.8. The highest BCUT2D eigenvalue weighted by Gasteiger charge is 2.28. The van der Waals surface area contributed by atoms with Gasteiger partial charge in [0, 0.05) is 11.1 Å². The van der Waals surface area contributed by atoms with Crippen LogP contribution in [0.25, 0.3) is 0 Å². The Labute approximate surface area is 118 Å². The number of amides is 1. The number of halogens is 1. The minimum absolute atomic E-state index is 0.272. The van der Waals surface area contributed by atoms with Crippen molar-refractivity contribution in [2.45, 2.75) is 39.3 Å². The van der Waals surface area contributed by atoms with Crippen LogP contribution >= 0.6 is 11.6 Å². The van der Waals surface area contributed by atoms with Crippen LogP contribution < -0.4 is 5.32 Å². The van der Waals surface area contributed by atoms with Crippen LogP contribution in [0.5, 0.6) is 0 Å². The molecule has 1 aromatic carbocycles. The molecule has 0 saturated heterocycles. The second kappa shape index (κ2) is 6.26. The fourth-order valence-corrected chi connectivity index (χ4v) is 1.95. The molecule has 5 heteroatoms. The van der Waals surface area contributed by atoms with Gasteiger partial charge < -0.3 is 15.5 Å². The van der Waals surface area contributed by atoms with Crippen molar-refractivity contribution in [1.82, 2.24) is 5.32 Å². The molecule has 0 spiro atoms. The molecule has 0 radical (unpaired) electrons. The van der Waals surface area contributed by atoms with Crippen LogP contribution in [-0.2, 0) is 0 Å². The summed E-state index contributed by atoms with van der Waals surface area (Å²) in [7, 11) is 0. The molecule has 1 amide bonds. The zero-order valence-corrected chi connectivity index (χ0v) is 12.1. The zero-order chi connectivity index (χ0) is 14.6. The van der Waals surface area contributed by atoms with E-state index in [4.69, 9.17) is 16.7 Å². The molecular weight excluding hydrogens is 266 g/mol. The molecule has 0 aliphatic rings. The molecule has 1 rings (SSSR count). The summed E-state index contributed by atoms with van der Waals surface area (Å²) in [5.74, 6) is 0. The van der Waals surface area contributed by atoms with Crippen molar-refractivity contribution in [2.75, 3.05) is 0 Å². The van der Waals surface area contributed by atoms with Crippen molar-refractivity contribution in [3.05, 3.63) is 34.9 Å². The van der Waals surface area contributed by atoms with Crippen LogP contribution in [0, 0.1) is 5.41 Å². The summed E-state index contributed by atoms with van der Waals surface area (Å²) in [6.07, 6.45) is -1.49. The monoisotopic (exact) mass is 285 g/mol. The van der Waals surface area contributed by atoms with Crippen molar-refractivity contribution >= 4 is 17.7 Å². The molecule has 0 heterocycles. The minimum Gasteiger partial charge on any atom is -0.465 e. The Morgan fingerprint density at radius 1 is 1.32 bits per heavy atom. The Balaban J connectivity index is 2.78. The minimum atomic E-state index is -1.08. The van der Waals surface area contributed by atoms with Gasteiger partial charge in [0.15, 0.2) is 0 Å². The average Bonchev–Trinajstić information content (AvgIpc) is 2.27. The van der Waals surface area contributed by atoms with Crippen LogP contribution in [0.15, 0.2) is 24.3 Å². The summed E-state index contributed by atoms with van der Waals surface area (Å²) in [5, 5.41) is 22.1. The number of nitrogens with one attached hydrogen (secondary N) is 1. The second-order valence-corrected chi connectivity index (χ2v) is 6.11. The summed E-state index contributed by atoms with van der Waals surface area (Å²) in [5.41, 5.74) is 0.456. The standard InChI is InChI=1S/C14H20ClNO3/c1-14(2,3)12(16-13(18)19)8-11(17)9-4-6-10(15)7-5-9/h4-7,11-12,16-17H,8H2,1-3H3,(H,18,19). The van der Waals surface area contributed by atoms with E-state index in [-0.39, 0.29) is 11.5 Å². The quantitative estimate of drug-likeness (QED) is 0.793. The molecule has 0 aliphatic carbocycles. The molecule has 2 atom stereocenters. The number of carbonyl (C=O) groups is 1. The van der Waals surface area contributed by atoms with Gasteiger partial charge in [-0.2, -0.15) is 0 Å². The number of aliphatic hydroxyl groups excluding tert-OH is 1. The van der Waals surface area contributed by atoms with E-state index < -0.39 is 12.2 Å². The summed E-state index contributed by atoms with van der Waals surface area (Å²) < 4.78 is 0. The molecule has 0 aromatic heterocycles. The average molecular weight is 286 g/mol. The largest absolute Gasteiger partial charge is 0.465 e. The summed E-state index contributed by atoms with van der Waals surface area (Å²) in [4.78, 5) is 10.8. The van der Waals surface area contributed by atoms with Crippen molar-refractivity contribution < 1.29 is 15.0 Å². The van der Waals surface area contributed by atoms with E-state index in [0.29, 0.717) is 11.4 Å². The van der Waals surface area contributed by atoms with Gasteiger partial charge in [-0.05, 0) is 29.5 Å². The molecular formula is C14H20ClNO3. The van der Waals surface area contributed by atoms with E-state index in [2.05, 4.69) is 5.32 Å². The Morgan fingerprint density at radius 3 is 2.26 bits per heavy atom. The predicted molar refractivity (Wildman–Crippen MR) is 75.4 cm³/mol. The molecule has 0 saturated carbocycles.